The van der Waals surface area contributed by atoms with Gasteiger partial charge in [0.25, 0.3) is 0 Å². The van der Waals surface area contributed by atoms with E-state index in [-0.39, 0.29) is 12.0 Å². The number of aromatic nitrogens is 2. The smallest absolute Gasteiger partial charge is 0.228 e. The van der Waals surface area contributed by atoms with E-state index in [0.29, 0.717) is 6.42 Å². The molecule has 1 aliphatic rings. The van der Waals surface area contributed by atoms with Gasteiger partial charge in [0.2, 0.25) is 5.91 Å². The molecule has 1 amide bonds. The Morgan fingerprint density at radius 2 is 2.12 bits per heavy atom. The summed E-state index contributed by atoms with van der Waals surface area (Å²) in [7, 11) is 0. The van der Waals surface area contributed by atoms with Gasteiger partial charge in [0, 0.05) is 12.8 Å². The topological polar surface area (TPSA) is 56.2 Å². The number of rotatable bonds is 5. The molecule has 1 N–H and O–H groups in total. The Kier molecular flexibility index (Phi) is 4.48. The first kappa shape index (κ1) is 15.8. The molecule has 25 heavy (non-hydrogen) atoms. The SMILES string of the molecule is O=C(Cc1ccc2ccccc2c1)Nc1cnn(C[C@H]2CCCO2)c1. The molecule has 128 valence electrons. The van der Waals surface area contributed by atoms with Crippen LogP contribution in [0.25, 0.3) is 10.8 Å². The first-order valence-electron chi connectivity index (χ1n) is 8.68. The molecule has 1 aromatic heterocycles. The molecule has 4 rings (SSSR count). The van der Waals surface area contributed by atoms with E-state index in [2.05, 4.69) is 34.7 Å². The fourth-order valence-electron chi connectivity index (χ4n) is 3.26. The molecular weight excluding hydrogens is 314 g/mol. The lowest BCUT2D eigenvalue weighted by molar-refractivity contribution is -0.115. The third kappa shape index (κ3) is 3.88. The molecular formula is C20H21N3O2. The standard InChI is InChI=1S/C20H21N3O2/c24-20(11-15-7-8-16-4-1-2-5-17(16)10-15)22-18-12-21-23(13-18)14-19-6-3-9-25-19/h1-2,4-5,7-8,10,12-13,19H,3,6,9,11,14H2,(H,22,24)/t19-/m1/s1. The first-order valence-corrected chi connectivity index (χ1v) is 8.68. The number of hydrogen-bond acceptors (Lipinski definition) is 3. The summed E-state index contributed by atoms with van der Waals surface area (Å²) in [6.07, 6.45) is 6.32. The van der Waals surface area contributed by atoms with Crippen LogP contribution in [0.4, 0.5) is 5.69 Å². The number of anilines is 1. The average molecular weight is 335 g/mol. The minimum atomic E-state index is -0.0352. The molecule has 5 nitrogen and oxygen atoms in total. The molecule has 1 fully saturated rings. The molecule has 2 heterocycles. The zero-order valence-corrected chi connectivity index (χ0v) is 14.0. The zero-order chi connectivity index (χ0) is 17.1. The van der Waals surface area contributed by atoms with Gasteiger partial charge >= 0.3 is 0 Å². The number of carbonyl (C=O) groups excluding carboxylic acids is 1. The lowest BCUT2D eigenvalue weighted by atomic mass is 10.0. The number of carbonyl (C=O) groups is 1. The van der Waals surface area contributed by atoms with Crippen LogP contribution in [0, 0.1) is 0 Å². The summed E-state index contributed by atoms with van der Waals surface area (Å²) in [5.74, 6) is -0.0352. The summed E-state index contributed by atoms with van der Waals surface area (Å²) in [6, 6.07) is 14.3. The number of amides is 1. The molecule has 2 aromatic carbocycles. The van der Waals surface area contributed by atoms with Crippen molar-refractivity contribution in [2.45, 2.75) is 31.9 Å². The summed E-state index contributed by atoms with van der Waals surface area (Å²) in [5, 5.41) is 9.56. The normalized spacial score (nSPS) is 17.0. The summed E-state index contributed by atoms with van der Waals surface area (Å²) in [6.45, 7) is 1.57. The van der Waals surface area contributed by atoms with E-state index in [1.807, 2.05) is 29.1 Å². The van der Waals surface area contributed by atoms with Crippen LogP contribution in [0.3, 0.4) is 0 Å². The Labute approximate surface area is 146 Å². The van der Waals surface area contributed by atoms with Crippen molar-refractivity contribution in [3.05, 3.63) is 60.4 Å². The van der Waals surface area contributed by atoms with Crippen molar-refractivity contribution in [1.82, 2.24) is 9.78 Å². The predicted octanol–water partition coefficient (Wildman–Crippen LogP) is 3.40. The number of hydrogen-bond donors (Lipinski definition) is 1. The summed E-state index contributed by atoms with van der Waals surface area (Å²) in [4.78, 5) is 12.3. The van der Waals surface area contributed by atoms with Crippen molar-refractivity contribution in [2.75, 3.05) is 11.9 Å². The molecule has 1 saturated heterocycles. The summed E-state index contributed by atoms with van der Waals surface area (Å²) < 4.78 is 7.45. The maximum atomic E-state index is 12.3. The van der Waals surface area contributed by atoms with Crippen molar-refractivity contribution in [2.24, 2.45) is 0 Å². The van der Waals surface area contributed by atoms with Crippen molar-refractivity contribution in [3.8, 4) is 0 Å². The minimum Gasteiger partial charge on any atom is -0.376 e. The Morgan fingerprint density at radius 1 is 1.24 bits per heavy atom. The number of fused-ring (bicyclic) bond motifs is 1. The first-order chi connectivity index (χ1) is 12.3. The molecule has 0 radical (unpaired) electrons. The van der Waals surface area contributed by atoms with Gasteiger partial charge in [-0.2, -0.15) is 5.10 Å². The van der Waals surface area contributed by atoms with Crippen LogP contribution in [0.5, 0.6) is 0 Å². The lowest BCUT2D eigenvalue weighted by Crippen LogP contribution is -2.15. The van der Waals surface area contributed by atoms with Gasteiger partial charge in [0.1, 0.15) is 0 Å². The van der Waals surface area contributed by atoms with E-state index in [0.717, 1.165) is 42.6 Å². The lowest BCUT2D eigenvalue weighted by Gasteiger charge is -2.08. The van der Waals surface area contributed by atoms with Gasteiger partial charge in [0.05, 0.1) is 31.0 Å². The van der Waals surface area contributed by atoms with Crippen LogP contribution >= 0.6 is 0 Å². The summed E-state index contributed by atoms with van der Waals surface area (Å²) >= 11 is 0. The fourth-order valence-corrected chi connectivity index (χ4v) is 3.26. The molecule has 0 bridgehead atoms. The minimum absolute atomic E-state index is 0.0352. The zero-order valence-electron chi connectivity index (χ0n) is 14.0. The van der Waals surface area contributed by atoms with Gasteiger partial charge in [-0.15, -0.1) is 0 Å². The van der Waals surface area contributed by atoms with Gasteiger partial charge in [-0.05, 0) is 29.2 Å². The highest BCUT2D eigenvalue weighted by Crippen LogP contribution is 2.17. The van der Waals surface area contributed by atoms with Gasteiger partial charge in [0.15, 0.2) is 0 Å². The molecule has 5 heteroatoms. The summed E-state index contributed by atoms with van der Waals surface area (Å²) in [5.41, 5.74) is 1.73. The molecule has 1 atom stereocenters. The fraction of sp³-hybridized carbons (Fsp3) is 0.300. The van der Waals surface area contributed by atoms with Crippen molar-refractivity contribution >= 4 is 22.4 Å². The third-order valence-electron chi connectivity index (χ3n) is 4.51. The van der Waals surface area contributed by atoms with Crippen LogP contribution in [0.1, 0.15) is 18.4 Å². The van der Waals surface area contributed by atoms with E-state index in [1.165, 1.54) is 5.39 Å². The largest absolute Gasteiger partial charge is 0.376 e. The highest BCUT2D eigenvalue weighted by molar-refractivity contribution is 5.93. The highest BCUT2D eigenvalue weighted by atomic mass is 16.5. The van der Waals surface area contributed by atoms with Gasteiger partial charge in [-0.3, -0.25) is 9.48 Å². The van der Waals surface area contributed by atoms with E-state index in [4.69, 9.17) is 4.74 Å². The van der Waals surface area contributed by atoms with Gasteiger partial charge in [-0.25, -0.2) is 0 Å². The van der Waals surface area contributed by atoms with Crippen LogP contribution in [0.15, 0.2) is 54.9 Å². The van der Waals surface area contributed by atoms with Gasteiger partial charge < -0.3 is 10.1 Å². The second-order valence-corrected chi connectivity index (χ2v) is 6.49. The molecule has 0 unspecified atom stereocenters. The maximum absolute atomic E-state index is 12.3. The maximum Gasteiger partial charge on any atom is 0.228 e. The molecule has 3 aromatic rings. The van der Waals surface area contributed by atoms with E-state index < -0.39 is 0 Å². The van der Waals surface area contributed by atoms with E-state index in [9.17, 15) is 4.79 Å². The molecule has 0 aliphatic carbocycles. The van der Waals surface area contributed by atoms with Crippen LogP contribution in [-0.2, 0) is 22.5 Å². The van der Waals surface area contributed by atoms with Crippen LogP contribution in [0.2, 0.25) is 0 Å². The molecule has 0 spiro atoms. The Balaban J connectivity index is 1.37. The number of nitrogens with one attached hydrogen (secondary N) is 1. The van der Waals surface area contributed by atoms with Crippen molar-refractivity contribution < 1.29 is 9.53 Å². The number of benzene rings is 2. The monoisotopic (exact) mass is 335 g/mol. The molecule has 0 saturated carbocycles. The number of nitrogens with zero attached hydrogens (tertiary/aromatic N) is 2. The Morgan fingerprint density at radius 3 is 2.96 bits per heavy atom. The Hall–Kier alpha value is -2.66. The molecule has 1 aliphatic heterocycles. The van der Waals surface area contributed by atoms with Crippen LogP contribution < -0.4 is 5.32 Å². The van der Waals surface area contributed by atoms with E-state index >= 15 is 0 Å². The van der Waals surface area contributed by atoms with Crippen molar-refractivity contribution in [3.63, 3.8) is 0 Å². The van der Waals surface area contributed by atoms with Crippen molar-refractivity contribution in [1.29, 1.82) is 0 Å². The van der Waals surface area contributed by atoms with E-state index in [1.54, 1.807) is 6.20 Å². The second-order valence-electron chi connectivity index (χ2n) is 6.49. The quantitative estimate of drug-likeness (QED) is 0.777. The number of ether oxygens (including phenoxy) is 1. The third-order valence-corrected chi connectivity index (χ3v) is 4.51. The second kappa shape index (κ2) is 7.07. The predicted molar refractivity (Wildman–Crippen MR) is 97.5 cm³/mol. The highest BCUT2D eigenvalue weighted by Gasteiger charge is 2.16. The van der Waals surface area contributed by atoms with Crippen LogP contribution in [-0.4, -0.2) is 28.4 Å². The Bertz CT molecular complexity index is 881. The van der Waals surface area contributed by atoms with Gasteiger partial charge in [-0.1, -0.05) is 42.5 Å². The average Bonchev–Trinajstić information content (AvgIpc) is 3.27.